The molecule has 1 atom stereocenters. The number of rotatable bonds is 5. The van der Waals surface area contributed by atoms with E-state index in [9.17, 15) is 5.11 Å². The summed E-state index contributed by atoms with van der Waals surface area (Å²) in [5.41, 5.74) is 1.53. The number of ether oxygens (including phenoxy) is 1. The second-order valence-electron chi connectivity index (χ2n) is 6.59. The van der Waals surface area contributed by atoms with Crippen LogP contribution < -0.4 is 4.74 Å². The van der Waals surface area contributed by atoms with Crippen molar-refractivity contribution in [2.45, 2.75) is 31.9 Å². The van der Waals surface area contributed by atoms with E-state index >= 15 is 0 Å². The minimum atomic E-state index is -0.791. The highest BCUT2D eigenvalue weighted by molar-refractivity contribution is 5.27. The van der Waals surface area contributed by atoms with Crippen LogP contribution in [0.25, 0.3) is 0 Å². The minimum Gasteiger partial charge on any atom is -0.491 e. The Morgan fingerprint density at radius 3 is 2.96 bits per heavy atom. The monoisotopic (exact) mass is 315 g/mol. The van der Waals surface area contributed by atoms with Crippen LogP contribution in [0, 0.1) is 6.92 Å². The second-order valence-corrected chi connectivity index (χ2v) is 6.59. The maximum Gasteiger partial charge on any atom is 0.119 e. The van der Waals surface area contributed by atoms with E-state index in [1.165, 1.54) is 0 Å². The zero-order valence-corrected chi connectivity index (χ0v) is 13.9. The van der Waals surface area contributed by atoms with Gasteiger partial charge in [0.2, 0.25) is 0 Å². The molecule has 0 spiro atoms. The van der Waals surface area contributed by atoms with Crippen LogP contribution in [-0.4, -0.2) is 45.1 Å². The van der Waals surface area contributed by atoms with E-state index in [1.54, 1.807) is 0 Å². The van der Waals surface area contributed by atoms with Crippen molar-refractivity contribution >= 4 is 0 Å². The van der Waals surface area contributed by atoms with E-state index in [0.717, 1.165) is 42.9 Å². The predicted octanol–water partition coefficient (Wildman–Crippen LogP) is 2.13. The van der Waals surface area contributed by atoms with Gasteiger partial charge in [-0.15, -0.1) is 0 Å². The molecule has 1 aromatic carbocycles. The highest BCUT2D eigenvalue weighted by Gasteiger charge is 2.34. The van der Waals surface area contributed by atoms with Gasteiger partial charge in [0.25, 0.3) is 0 Å². The molecule has 5 heteroatoms. The molecular formula is C18H25N3O2. The molecule has 2 heterocycles. The number of likely N-dealkylation sites (tertiary alicyclic amines) is 1. The Bertz CT molecular complexity index is 655. The third-order valence-electron chi connectivity index (χ3n) is 4.44. The number of hydrogen-bond acceptors (Lipinski definition) is 4. The summed E-state index contributed by atoms with van der Waals surface area (Å²) in [6.07, 6.45) is 3.57. The van der Waals surface area contributed by atoms with Crippen LogP contribution >= 0.6 is 0 Å². The molecule has 1 aliphatic heterocycles. The summed E-state index contributed by atoms with van der Waals surface area (Å²) in [6, 6.07) is 9.98. The predicted molar refractivity (Wildman–Crippen MR) is 89.3 cm³/mol. The molecule has 0 bridgehead atoms. The average molecular weight is 315 g/mol. The summed E-state index contributed by atoms with van der Waals surface area (Å²) in [7, 11) is 1.95. The third kappa shape index (κ3) is 4.12. The van der Waals surface area contributed by atoms with Gasteiger partial charge in [-0.25, -0.2) is 0 Å². The fraction of sp³-hybridized carbons (Fsp3) is 0.500. The van der Waals surface area contributed by atoms with Crippen molar-refractivity contribution in [2.24, 2.45) is 7.05 Å². The Hall–Kier alpha value is -1.85. The Morgan fingerprint density at radius 2 is 2.22 bits per heavy atom. The number of aliphatic hydroxyl groups is 1. The quantitative estimate of drug-likeness (QED) is 0.918. The lowest BCUT2D eigenvalue weighted by Crippen LogP contribution is -2.51. The SMILES string of the molecule is Cc1cccc(OCC2(O)CCCN(Cc3ccnn3C)C2)c1. The first-order valence-electron chi connectivity index (χ1n) is 8.15. The minimum absolute atomic E-state index is 0.332. The number of piperidine rings is 1. The summed E-state index contributed by atoms with van der Waals surface area (Å²) in [5.74, 6) is 0.821. The van der Waals surface area contributed by atoms with Crippen LogP contribution in [0.2, 0.25) is 0 Å². The first kappa shape index (κ1) is 16.0. The van der Waals surface area contributed by atoms with Crippen LogP contribution in [0.4, 0.5) is 0 Å². The van der Waals surface area contributed by atoms with Gasteiger partial charge in [0.1, 0.15) is 18.0 Å². The molecule has 2 aromatic rings. The van der Waals surface area contributed by atoms with Gasteiger partial charge in [-0.2, -0.15) is 5.10 Å². The summed E-state index contributed by atoms with van der Waals surface area (Å²) >= 11 is 0. The van der Waals surface area contributed by atoms with Gasteiger partial charge in [-0.1, -0.05) is 12.1 Å². The molecule has 1 N–H and O–H groups in total. The fourth-order valence-electron chi connectivity index (χ4n) is 3.17. The molecule has 124 valence electrons. The largest absolute Gasteiger partial charge is 0.491 e. The van der Waals surface area contributed by atoms with Crippen LogP contribution in [0.5, 0.6) is 5.75 Å². The van der Waals surface area contributed by atoms with Crippen molar-refractivity contribution in [3.8, 4) is 5.75 Å². The first-order valence-corrected chi connectivity index (χ1v) is 8.15. The number of nitrogens with zero attached hydrogens (tertiary/aromatic N) is 3. The number of benzene rings is 1. The van der Waals surface area contributed by atoms with Crippen LogP contribution in [0.1, 0.15) is 24.1 Å². The van der Waals surface area contributed by atoms with Crippen molar-refractivity contribution in [1.29, 1.82) is 0 Å². The summed E-state index contributed by atoms with van der Waals surface area (Å²) in [5, 5.41) is 15.1. The molecule has 0 saturated carbocycles. The van der Waals surface area contributed by atoms with Crippen molar-refractivity contribution in [3.05, 3.63) is 47.8 Å². The smallest absolute Gasteiger partial charge is 0.119 e. The van der Waals surface area contributed by atoms with Crippen molar-refractivity contribution in [2.75, 3.05) is 19.7 Å². The molecule has 0 aliphatic carbocycles. The van der Waals surface area contributed by atoms with Crippen LogP contribution in [-0.2, 0) is 13.6 Å². The molecule has 23 heavy (non-hydrogen) atoms. The van der Waals surface area contributed by atoms with Crippen molar-refractivity contribution < 1.29 is 9.84 Å². The third-order valence-corrected chi connectivity index (χ3v) is 4.44. The van der Waals surface area contributed by atoms with E-state index in [0.29, 0.717) is 13.2 Å². The number of β-amino-alcohol motifs (C(OH)–C–C–N with tert-alkyl or cyclic N) is 1. The molecule has 1 aromatic heterocycles. The molecule has 5 nitrogen and oxygen atoms in total. The van der Waals surface area contributed by atoms with E-state index in [4.69, 9.17) is 4.74 Å². The molecule has 0 amide bonds. The normalized spacial score (nSPS) is 22.2. The molecule has 0 radical (unpaired) electrons. The van der Waals surface area contributed by atoms with Gasteiger partial charge in [0.05, 0.1) is 5.69 Å². The molecule has 3 rings (SSSR count). The molecule has 1 saturated heterocycles. The van der Waals surface area contributed by atoms with Crippen LogP contribution in [0.3, 0.4) is 0 Å². The Kier molecular flexibility index (Phi) is 4.68. The maximum atomic E-state index is 10.9. The fourth-order valence-corrected chi connectivity index (χ4v) is 3.17. The Morgan fingerprint density at radius 1 is 1.35 bits per heavy atom. The maximum absolute atomic E-state index is 10.9. The first-order chi connectivity index (χ1) is 11.0. The zero-order valence-electron chi connectivity index (χ0n) is 13.9. The van der Waals surface area contributed by atoms with E-state index in [2.05, 4.69) is 10.00 Å². The van der Waals surface area contributed by atoms with Gasteiger partial charge < -0.3 is 9.84 Å². The van der Waals surface area contributed by atoms with Crippen LogP contribution in [0.15, 0.2) is 36.5 Å². The lowest BCUT2D eigenvalue weighted by Gasteiger charge is -2.38. The zero-order chi connectivity index (χ0) is 16.3. The second kappa shape index (κ2) is 6.72. The topological polar surface area (TPSA) is 50.5 Å². The Balaban J connectivity index is 1.59. The molecule has 1 aliphatic rings. The van der Waals surface area contributed by atoms with Gasteiger partial charge in [0.15, 0.2) is 0 Å². The average Bonchev–Trinajstić information content (AvgIpc) is 2.91. The highest BCUT2D eigenvalue weighted by Crippen LogP contribution is 2.24. The van der Waals surface area contributed by atoms with Gasteiger partial charge in [-0.05, 0) is 50.1 Å². The molecule has 1 fully saturated rings. The molecular weight excluding hydrogens is 290 g/mol. The molecule has 1 unspecified atom stereocenters. The number of aryl methyl sites for hydroxylation is 2. The standard InChI is InChI=1S/C18H25N3O2/c1-15-5-3-6-17(11-15)23-14-18(22)8-4-10-21(13-18)12-16-7-9-19-20(16)2/h3,5-7,9,11,22H,4,8,10,12-14H2,1-2H3. The lowest BCUT2D eigenvalue weighted by atomic mass is 9.93. The van der Waals surface area contributed by atoms with E-state index in [1.807, 2.05) is 55.2 Å². The number of aromatic nitrogens is 2. The van der Waals surface area contributed by atoms with Gasteiger partial charge >= 0.3 is 0 Å². The summed E-state index contributed by atoms with van der Waals surface area (Å²) in [4.78, 5) is 2.28. The van der Waals surface area contributed by atoms with Crippen molar-refractivity contribution in [1.82, 2.24) is 14.7 Å². The highest BCUT2D eigenvalue weighted by atomic mass is 16.5. The Labute approximate surface area is 137 Å². The van der Waals surface area contributed by atoms with Gasteiger partial charge in [0, 0.05) is 26.3 Å². The van der Waals surface area contributed by atoms with E-state index < -0.39 is 5.60 Å². The lowest BCUT2D eigenvalue weighted by molar-refractivity contribution is -0.0625. The number of hydrogen-bond donors (Lipinski definition) is 1. The van der Waals surface area contributed by atoms with Gasteiger partial charge in [-0.3, -0.25) is 9.58 Å². The summed E-state index contributed by atoms with van der Waals surface area (Å²) < 4.78 is 7.73. The van der Waals surface area contributed by atoms with E-state index in [-0.39, 0.29) is 0 Å². The van der Waals surface area contributed by atoms with Crippen molar-refractivity contribution in [3.63, 3.8) is 0 Å². The summed E-state index contributed by atoms with van der Waals surface area (Å²) in [6.45, 7) is 4.81.